The van der Waals surface area contributed by atoms with Crippen LogP contribution in [0.1, 0.15) is 5.56 Å². The van der Waals surface area contributed by atoms with Crippen LogP contribution >= 0.6 is 11.3 Å². The van der Waals surface area contributed by atoms with E-state index in [1.165, 1.54) is 11.3 Å². The Bertz CT molecular complexity index is 327. The second kappa shape index (κ2) is 1.73. The van der Waals surface area contributed by atoms with Gasteiger partial charge in [0.1, 0.15) is 4.70 Å². The number of aryl methyl sites for hydroxylation is 1. The first-order chi connectivity index (χ1) is 4.79. The van der Waals surface area contributed by atoms with Crippen LogP contribution in [-0.2, 0) is 0 Å². The summed E-state index contributed by atoms with van der Waals surface area (Å²) in [7, 11) is 0. The summed E-state index contributed by atoms with van der Waals surface area (Å²) < 4.78 is 0.845. The van der Waals surface area contributed by atoms with E-state index in [0.29, 0.717) is 0 Å². The molecule has 2 heterocycles. The molecule has 0 saturated carbocycles. The second-order valence-electron chi connectivity index (χ2n) is 2.17. The van der Waals surface area contributed by atoms with Gasteiger partial charge in [-0.3, -0.25) is 5.10 Å². The number of nitrogens with one attached hydrogen (secondary N) is 1. The van der Waals surface area contributed by atoms with Crippen molar-refractivity contribution in [1.29, 1.82) is 0 Å². The quantitative estimate of drug-likeness (QED) is 0.606. The number of hydrogen-bond acceptors (Lipinski definition) is 3. The summed E-state index contributed by atoms with van der Waals surface area (Å²) in [4.78, 5) is 0. The number of hydrogen-bond donors (Lipinski definition) is 2. The molecule has 0 aliphatic carbocycles. The molecule has 3 nitrogen and oxygen atoms in total. The summed E-state index contributed by atoms with van der Waals surface area (Å²) in [6.45, 7) is 1.98. The molecule has 0 unspecified atom stereocenters. The maximum absolute atomic E-state index is 9.09. The van der Waals surface area contributed by atoms with E-state index in [9.17, 15) is 0 Å². The van der Waals surface area contributed by atoms with E-state index in [0.717, 1.165) is 15.8 Å². The van der Waals surface area contributed by atoms with E-state index in [2.05, 4.69) is 10.2 Å². The Labute approximate surface area is 61.3 Å². The minimum atomic E-state index is 0.105. The first kappa shape index (κ1) is 5.73. The zero-order valence-corrected chi connectivity index (χ0v) is 6.20. The maximum atomic E-state index is 9.09. The van der Waals surface area contributed by atoms with Crippen molar-refractivity contribution < 1.29 is 5.11 Å². The van der Waals surface area contributed by atoms with Gasteiger partial charge in [-0.05, 0) is 17.9 Å². The van der Waals surface area contributed by atoms with Crippen molar-refractivity contribution in [2.45, 2.75) is 6.92 Å². The van der Waals surface area contributed by atoms with Gasteiger partial charge in [0.15, 0.2) is 0 Å². The summed E-state index contributed by atoms with van der Waals surface area (Å²) >= 11 is 1.50. The molecule has 0 aliphatic heterocycles. The third-order valence-electron chi connectivity index (χ3n) is 1.45. The van der Waals surface area contributed by atoms with Gasteiger partial charge in [-0.2, -0.15) is 0 Å². The van der Waals surface area contributed by atoms with E-state index in [4.69, 9.17) is 5.11 Å². The average Bonchev–Trinajstić information content (AvgIpc) is 2.41. The number of fused-ring (bicyclic) bond motifs is 1. The van der Waals surface area contributed by atoms with E-state index in [1.54, 1.807) is 0 Å². The molecule has 0 aliphatic rings. The number of rotatable bonds is 0. The van der Waals surface area contributed by atoms with Gasteiger partial charge in [0.05, 0.1) is 5.52 Å². The predicted molar refractivity (Wildman–Crippen MR) is 40.4 cm³/mol. The van der Waals surface area contributed by atoms with Crippen LogP contribution in [0.3, 0.4) is 0 Å². The molecule has 0 spiro atoms. The van der Waals surface area contributed by atoms with Crippen LogP contribution in [0.25, 0.3) is 10.2 Å². The third-order valence-corrected chi connectivity index (χ3v) is 2.55. The number of aromatic amines is 1. The highest BCUT2D eigenvalue weighted by molar-refractivity contribution is 7.17. The van der Waals surface area contributed by atoms with Crippen molar-refractivity contribution in [3.8, 4) is 5.88 Å². The van der Waals surface area contributed by atoms with E-state index in [-0.39, 0.29) is 5.88 Å². The summed E-state index contributed by atoms with van der Waals surface area (Å²) in [5, 5.41) is 17.5. The highest BCUT2D eigenvalue weighted by Crippen LogP contribution is 2.29. The fourth-order valence-corrected chi connectivity index (χ4v) is 1.80. The van der Waals surface area contributed by atoms with Crippen molar-refractivity contribution in [2.24, 2.45) is 0 Å². The van der Waals surface area contributed by atoms with Crippen LogP contribution in [0.4, 0.5) is 0 Å². The van der Waals surface area contributed by atoms with Crippen molar-refractivity contribution in [3.05, 3.63) is 10.9 Å². The summed E-state index contributed by atoms with van der Waals surface area (Å²) in [6, 6.07) is 0. The smallest absolute Gasteiger partial charge is 0.248 e. The molecule has 4 heteroatoms. The van der Waals surface area contributed by atoms with Gasteiger partial charge in [-0.15, -0.1) is 16.4 Å². The van der Waals surface area contributed by atoms with Gasteiger partial charge in [0, 0.05) is 0 Å². The molecule has 0 saturated heterocycles. The highest BCUT2D eigenvalue weighted by atomic mass is 32.1. The topological polar surface area (TPSA) is 48.9 Å². The summed E-state index contributed by atoms with van der Waals surface area (Å²) in [5.41, 5.74) is 2.08. The molecule has 52 valence electrons. The molecule has 0 fully saturated rings. The average molecular weight is 154 g/mol. The lowest BCUT2D eigenvalue weighted by molar-refractivity contribution is 0.458. The fraction of sp³-hybridized carbons (Fsp3) is 0.167. The van der Waals surface area contributed by atoms with Crippen LogP contribution in [0.2, 0.25) is 0 Å². The fourth-order valence-electron chi connectivity index (χ4n) is 0.907. The van der Waals surface area contributed by atoms with Gasteiger partial charge in [-0.25, -0.2) is 0 Å². The molecular weight excluding hydrogens is 148 g/mol. The Morgan fingerprint density at radius 2 is 2.50 bits per heavy atom. The molecule has 0 atom stereocenters. The molecule has 0 radical (unpaired) electrons. The molecule has 0 amide bonds. The van der Waals surface area contributed by atoms with E-state index in [1.807, 2.05) is 12.3 Å². The normalized spacial score (nSPS) is 10.9. The SMILES string of the molecule is Cc1csc2c(O)n[nH]c12. The number of nitrogens with zero attached hydrogens (tertiary/aromatic N) is 1. The van der Waals surface area contributed by atoms with Gasteiger partial charge in [-0.1, -0.05) is 0 Å². The minimum Gasteiger partial charge on any atom is -0.491 e. The van der Waals surface area contributed by atoms with Crippen LogP contribution in [-0.4, -0.2) is 15.3 Å². The number of aromatic hydroxyl groups is 1. The third kappa shape index (κ3) is 0.565. The van der Waals surface area contributed by atoms with Crippen LogP contribution in [0.5, 0.6) is 5.88 Å². The molecule has 2 rings (SSSR count). The van der Waals surface area contributed by atoms with Gasteiger partial charge >= 0.3 is 0 Å². The second-order valence-corrected chi connectivity index (χ2v) is 3.05. The Morgan fingerprint density at radius 3 is 3.20 bits per heavy atom. The van der Waals surface area contributed by atoms with Crippen LogP contribution < -0.4 is 0 Å². The molecule has 0 bridgehead atoms. The standard InChI is InChI=1S/C6H6N2OS/c1-3-2-10-5-4(3)7-8-6(5)9/h2H,1H3,(H2,7,8,9). The maximum Gasteiger partial charge on any atom is 0.248 e. The summed E-state index contributed by atoms with van der Waals surface area (Å²) in [5.74, 6) is 0.105. The molecule has 2 aromatic heterocycles. The zero-order chi connectivity index (χ0) is 7.14. The summed E-state index contributed by atoms with van der Waals surface area (Å²) in [6.07, 6.45) is 0. The number of aromatic nitrogens is 2. The van der Waals surface area contributed by atoms with Gasteiger partial charge in [0.25, 0.3) is 0 Å². The number of H-pyrrole nitrogens is 1. The molecule has 0 aromatic carbocycles. The van der Waals surface area contributed by atoms with E-state index < -0.39 is 0 Å². The lowest BCUT2D eigenvalue weighted by Crippen LogP contribution is -1.67. The molecule has 10 heavy (non-hydrogen) atoms. The van der Waals surface area contributed by atoms with Gasteiger partial charge in [0.2, 0.25) is 5.88 Å². The van der Waals surface area contributed by atoms with Crippen molar-refractivity contribution in [2.75, 3.05) is 0 Å². The van der Waals surface area contributed by atoms with E-state index >= 15 is 0 Å². The van der Waals surface area contributed by atoms with Crippen LogP contribution in [0, 0.1) is 6.92 Å². The Morgan fingerprint density at radius 1 is 1.70 bits per heavy atom. The first-order valence-corrected chi connectivity index (χ1v) is 3.78. The monoisotopic (exact) mass is 154 g/mol. The largest absolute Gasteiger partial charge is 0.491 e. The van der Waals surface area contributed by atoms with Crippen LogP contribution in [0.15, 0.2) is 5.38 Å². The van der Waals surface area contributed by atoms with Crippen molar-refractivity contribution in [3.63, 3.8) is 0 Å². The lowest BCUT2D eigenvalue weighted by Gasteiger charge is -1.76. The molecule has 2 aromatic rings. The van der Waals surface area contributed by atoms with Crippen molar-refractivity contribution >= 4 is 21.6 Å². The first-order valence-electron chi connectivity index (χ1n) is 2.90. The Balaban J connectivity index is 2.95. The zero-order valence-electron chi connectivity index (χ0n) is 5.38. The van der Waals surface area contributed by atoms with Crippen molar-refractivity contribution in [1.82, 2.24) is 10.2 Å². The molecular formula is C6H6N2OS. The lowest BCUT2D eigenvalue weighted by atomic mass is 10.3. The Kier molecular flexibility index (Phi) is 0.990. The van der Waals surface area contributed by atoms with Gasteiger partial charge < -0.3 is 5.11 Å². The Hall–Kier alpha value is -1.03. The predicted octanol–water partition coefficient (Wildman–Crippen LogP) is 1.64. The minimum absolute atomic E-state index is 0.105. The number of thiophene rings is 1. The molecule has 2 N–H and O–H groups in total. The highest BCUT2D eigenvalue weighted by Gasteiger charge is 2.06.